The summed E-state index contributed by atoms with van der Waals surface area (Å²) in [5, 5.41) is 13.0. The van der Waals surface area contributed by atoms with E-state index in [9.17, 15) is 5.11 Å². The van der Waals surface area contributed by atoms with Crippen LogP contribution in [-0.4, -0.2) is 48.5 Å². The molecule has 0 radical (unpaired) electrons. The highest BCUT2D eigenvalue weighted by molar-refractivity contribution is 5.53. The van der Waals surface area contributed by atoms with Gasteiger partial charge in [-0.05, 0) is 41.5 Å². The van der Waals surface area contributed by atoms with Crippen LogP contribution in [0.5, 0.6) is 11.5 Å². The molecule has 0 aliphatic carbocycles. The highest BCUT2D eigenvalue weighted by Crippen LogP contribution is 2.34. The smallest absolute Gasteiger partial charge is 0.225 e. The standard InChI is InChI=1S/C23H34N4O3/c1-14(2)18-11-22(26-23(24-18)25-19(13-28)15(3)4)27-8-7-16-9-20(29-5)21(30-6)10-17(16)12-27/h9-11,14-15,19,28H,7-8,12-13H2,1-6H3,(H,24,25,26)/t19-/m0/s1. The Morgan fingerprint density at radius 3 is 2.27 bits per heavy atom. The van der Waals surface area contributed by atoms with Crippen molar-refractivity contribution in [3.8, 4) is 11.5 Å². The lowest BCUT2D eigenvalue weighted by Gasteiger charge is -2.31. The first-order chi connectivity index (χ1) is 14.4. The van der Waals surface area contributed by atoms with Gasteiger partial charge in [-0.1, -0.05) is 27.7 Å². The molecule has 1 atom stereocenters. The van der Waals surface area contributed by atoms with Crippen LogP contribution in [0.1, 0.15) is 50.4 Å². The van der Waals surface area contributed by atoms with Crippen molar-refractivity contribution >= 4 is 11.8 Å². The van der Waals surface area contributed by atoms with Crippen LogP contribution >= 0.6 is 0 Å². The first-order valence-electron chi connectivity index (χ1n) is 10.6. The fourth-order valence-corrected chi connectivity index (χ4v) is 3.64. The van der Waals surface area contributed by atoms with E-state index in [1.165, 1.54) is 11.1 Å². The van der Waals surface area contributed by atoms with E-state index < -0.39 is 0 Å². The predicted octanol–water partition coefficient (Wildman–Crippen LogP) is 3.61. The first-order valence-corrected chi connectivity index (χ1v) is 10.6. The lowest BCUT2D eigenvalue weighted by atomic mass is 9.98. The largest absolute Gasteiger partial charge is 0.493 e. The number of anilines is 2. The van der Waals surface area contributed by atoms with Crippen molar-refractivity contribution in [2.24, 2.45) is 5.92 Å². The third-order valence-corrected chi connectivity index (χ3v) is 5.68. The SMILES string of the molecule is COc1cc2c(cc1OC)CN(c1cc(C(C)C)nc(N[C@@H](CO)C(C)C)n1)CC2. The van der Waals surface area contributed by atoms with Crippen molar-refractivity contribution in [1.29, 1.82) is 0 Å². The first kappa shape index (κ1) is 22.2. The molecule has 0 spiro atoms. The molecule has 0 saturated heterocycles. The summed E-state index contributed by atoms with van der Waals surface area (Å²) in [6.07, 6.45) is 0.907. The lowest BCUT2D eigenvalue weighted by molar-refractivity contribution is 0.248. The number of hydrogen-bond acceptors (Lipinski definition) is 7. The molecule has 0 bridgehead atoms. The molecule has 0 unspecified atom stereocenters. The number of ether oxygens (including phenoxy) is 2. The molecule has 0 fully saturated rings. The molecular formula is C23H34N4O3. The summed E-state index contributed by atoms with van der Waals surface area (Å²) < 4.78 is 10.9. The molecule has 1 aromatic heterocycles. The van der Waals surface area contributed by atoms with Crippen LogP contribution in [-0.2, 0) is 13.0 Å². The van der Waals surface area contributed by atoms with Gasteiger partial charge in [0, 0.05) is 19.2 Å². The normalized spacial score (nSPS) is 14.6. The number of aliphatic hydroxyl groups excluding tert-OH is 1. The second-order valence-electron chi connectivity index (χ2n) is 8.45. The summed E-state index contributed by atoms with van der Waals surface area (Å²) in [6, 6.07) is 6.13. The van der Waals surface area contributed by atoms with E-state index in [2.05, 4.69) is 56.1 Å². The lowest BCUT2D eigenvalue weighted by Crippen LogP contribution is -2.33. The zero-order valence-corrected chi connectivity index (χ0v) is 18.9. The Balaban J connectivity index is 1.92. The Bertz CT molecular complexity index is 870. The number of rotatable bonds is 8. The van der Waals surface area contributed by atoms with Gasteiger partial charge in [0.25, 0.3) is 0 Å². The van der Waals surface area contributed by atoms with E-state index in [4.69, 9.17) is 19.4 Å². The van der Waals surface area contributed by atoms with E-state index in [1.54, 1.807) is 14.2 Å². The van der Waals surface area contributed by atoms with Gasteiger partial charge in [-0.15, -0.1) is 0 Å². The van der Waals surface area contributed by atoms with Crippen molar-refractivity contribution in [2.75, 3.05) is 37.6 Å². The van der Waals surface area contributed by atoms with Gasteiger partial charge in [-0.3, -0.25) is 0 Å². The Morgan fingerprint density at radius 2 is 1.70 bits per heavy atom. The maximum absolute atomic E-state index is 9.71. The number of methoxy groups -OCH3 is 2. The molecule has 3 rings (SSSR count). The fraction of sp³-hybridized carbons (Fsp3) is 0.565. The molecule has 0 saturated carbocycles. The van der Waals surface area contributed by atoms with Gasteiger partial charge >= 0.3 is 0 Å². The van der Waals surface area contributed by atoms with Crippen molar-refractivity contribution < 1.29 is 14.6 Å². The number of fused-ring (bicyclic) bond motifs is 1. The molecule has 0 amide bonds. The van der Waals surface area contributed by atoms with Gasteiger partial charge in [0.15, 0.2) is 11.5 Å². The molecule has 1 aliphatic heterocycles. The van der Waals surface area contributed by atoms with E-state index in [1.807, 2.05) is 0 Å². The van der Waals surface area contributed by atoms with Crippen LogP contribution in [0.3, 0.4) is 0 Å². The summed E-state index contributed by atoms with van der Waals surface area (Å²) in [5.74, 6) is 3.53. The molecule has 1 aliphatic rings. The summed E-state index contributed by atoms with van der Waals surface area (Å²) >= 11 is 0. The number of benzene rings is 1. The molecule has 2 aromatic rings. The molecule has 30 heavy (non-hydrogen) atoms. The van der Waals surface area contributed by atoms with Gasteiger partial charge in [0.1, 0.15) is 5.82 Å². The minimum Gasteiger partial charge on any atom is -0.493 e. The number of aliphatic hydroxyl groups is 1. The van der Waals surface area contributed by atoms with Crippen LogP contribution in [0.15, 0.2) is 18.2 Å². The molecule has 7 nitrogen and oxygen atoms in total. The van der Waals surface area contributed by atoms with Crippen LogP contribution in [0.4, 0.5) is 11.8 Å². The Morgan fingerprint density at radius 1 is 1.03 bits per heavy atom. The van der Waals surface area contributed by atoms with Crippen molar-refractivity contribution in [3.63, 3.8) is 0 Å². The van der Waals surface area contributed by atoms with Crippen molar-refractivity contribution in [2.45, 2.75) is 52.6 Å². The zero-order valence-electron chi connectivity index (χ0n) is 18.9. The minimum absolute atomic E-state index is 0.0426. The third-order valence-electron chi connectivity index (χ3n) is 5.68. The van der Waals surface area contributed by atoms with Gasteiger partial charge in [-0.2, -0.15) is 4.98 Å². The number of nitrogens with one attached hydrogen (secondary N) is 1. The monoisotopic (exact) mass is 414 g/mol. The molecule has 7 heteroatoms. The summed E-state index contributed by atoms with van der Waals surface area (Å²) in [6.45, 7) is 10.1. The Hall–Kier alpha value is -2.54. The van der Waals surface area contributed by atoms with Crippen LogP contribution < -0.4 is 19.7 Å². The predicted molar refractivity (Wildman–Crippen MR) is 120 cm³/mol. The number of nitrogens with zero attached hydrogens (tertiary/aromatic N) is 3. The van der Waals surface area contributed by atoms with E-state index in [0.717, 1.165) is 42.5 Å². The number of hydrogen-bond donors (Lipinski definition) is 2. The van der Waals surface area contributed by atoms with Gasteiger partial charge in [0.2, 0.25) is 5.95 Å². The highest BCUT2D eigenvalue weighted by atomic mass is 16.5. The minimum atomic E-state index is -0.0842. The molecule has 164 valence electrons. The summed E-state index contributed by atoms with van der Waals surface area (Å²) in [7, 11) is 3.33. The van der Waals surface area contributed by atoms with E-state index >= 15 is 0 Å². The Kier molecular flexibility index (Phi) is 7.02. The maximum Gasteiger partial charge on any atom is 0.225 e. The maximum atomic E-state index is 9.71. The molecule has 1 aromatic carbocycles. The van der Waals surface area contributed by atoms with Crippen LogP contribution in [0.2, 0.25) is 0 Å². The van der Waals surface area contributed by atoms with Crippen molar-refractivity contribution in [3.05, 3.63) is 35.0 Å². The third kappa shape index (κ3) is 4.78. The number of aromatic nitrogens is 2. The second-order valence-corrected chi connectivity index (χ2v) is 8.45. The quantitative estimate of drug-likeness (QED) is 0.683. The summed E-state index contributed by atoms with van der Waals surface area (Å²) in [4.78, 5) is 11.8. The van der Waals surface area contributed by atoms with Crippen LogP contribution in [0.25, 0.3) is 0 Å². The zero-order chi connectivity index (χ0) is 21.8. The average Bonchev–Trinajstić information content (AvgIpc) is 2.75. The van der Waals surface area contributed by atoms with Gasteiger partial charge in [0.05, 0.1) is 32.6 Å². The van der Waals surface area contributed by atoms with Crippen molar-refractivity contribution in [1.82, 2.24) is 9.97 Å². The topological polar surface area (TPSA) is 79.7 Å². The highest BCUT2D eigenvalue weighted by Gasteiger charge is 2.22. The van der Waals surface area contributed by atoms with Gasteiger partial charge < -0.3 is 24.8 Å². The van der Waals surface area contributed by atoms with Gasteiger partial charge in [-0.25, -0.2) is 4.98 Å². The average molecular weight is 415 g/mol. The second kappa shape index (κ2) is 9.51. The molecular weight excluding hydrogens is 380 g/mol. The van der Waals surface area contributed by atoms with E-state index in [0.29, 0.717) is 5.95 Å². The van der Waals surface area contributed by atoms with E-state index in [-0.39, 0.29) is 24.5 Å². The summed E-state index contributed by atoms with van der Waals surface area (Å²) in [5.41, 5.74) is 3.48. The Labute approximate surface area is 179 Å². The fourth-order valence-electron chi connectivity index (χ4n) is 3.64. The molecule has 2 N–H and O–H groups in total. The van der Waals surface area contributed by atoms with Crippen LogP contribution in [0, 0.1) is 5.92 Å². The molecule has 2 heterocycles.